The van der Waals surface area contributed by atoms with Crippen molar-refractivity contribution in [3.63, 3.8) is 0 Å². The second-order valence-electron chi connectivity index (χ2n) is 3.51. The Bertz CT molecular complexity index is 453. The maximum absolute atomic E-state index is 13.0. The lowest BCUT2D eigenvalue weighted by molar-refractivity contribution is 0.220. The summed E-state index contributed by atoms with van der Waals surface area (Å²) in [7, 11) is 0. The van der Waals surface area contributed by atoms with Gasteiger partial charge in [-0.2, -0.15) is 0 Å². The predicted molar refractivity (Wildman–Crippen MR) is 61.9 cm³/mol. The smallest absolute Gasteiger partial charge is 0.123 e. The lowest BCUT2D eigenvalue weighted by atomic mass is 10.0. The largest absolute Gasteiger partial charge is 0.384 e. The van der Waals surface area contributed by atoms with Gasteiger partial charge in [0.1, 0.15) is 11.9 Å². The minimum Gasteiger partial charge on any atom is -0.384 e. The number of hydrogen-bond donors (Lipinski definition) is 1. The molecule has 0 aromatic heterocycles. The van der Waals surface area contributed by atoms with E-state index in [2.05, 4.69) is 0 Å². The van der Waals surface area contributed by atoms with Gasteiger partial charge in [0.25, 0.3) is 0 Å². The standard InChI is InChI=1S/C13H10ClFO/c14-11-5-1-3-9(7-11)13(16)10-4-2-6-12(15)8-10/h1-8,13,16H/t13-/m0/s1. The van der Waals surface area contributed by atoms with Crippen molar-refractivity contribution in [2.24, 2.45) is 0 Å². The zero-order chi connectivity index (χ0) is 11.5. The van der Waals surface area contributed by atoms with Crippen molar-refractivity contribution < 1.29 is 9.50 Å². The van der Waals surface area contributed by atoms with Crippen LogP contribution in [-0.2, 0) is 0 Å². The van der Waals surface area contributed by atoms with Crippen LogP contribution in [0.3, 0.4) is 0 Å². The highest BCUT2D eigenvalue weighted by molar-refractivity contribution is 6.30. The third kappa shape index (κ3) is 2.40. The number of hydrogen-bond acceptors (Lipinski definition) is 1. The first-order valence-electron chi connectivity index (χ1n) is 4.86. The maximum Gasteiger partial charge on any atom is 0.123 e. The van der Waals surface area contributed by atoms with Gasteiger partial charge in [0.15, 0.2) is 0 Å². The Morgan fingerprint density at radius 3 is 2.25 bits per heavy atom. The number of benzene rings is 2. The Morgan fingerprint density at radius 2 is 1.62 bits per heavy atom. The van der Waals surface area contributed by atoms with Gasteiger partial charge in [-0.05, 0) is 35.4 Å². The van der Waals surface area contributed by atoms with Crippen LogP contribution in [0, 0.1) is 5.82 Å². The van der Waals surface area contributed by atoms with E-state index in [4.69, 9.17) is 11.6 Å². The zero-order valence-corrected chi connectivity index (χ0v) is 9.16. The van der Waals surface area contributed by atoms with Gasteiger partial charge in [-0.15, -0.1) is 0 Å². The quantitative estimate of drug-likeness (QED) is 0.845. The molecule has 2 aromatic rings. The Hall–Kier alpha value is -1.38. The van der Waals surface area contributed by atoms with Crippen molar-refractivity contribution in [3.05, 3.63) is 70.5 Å². The van der Waals surface area contributed by atoms with Crippen LogP contribution < -0.4 is 0 Å². The molecular formula is C13H10ClFO. The first kappa shape index (κ1) is 11.1. The summed E-state index contributed by atoms with van der Waals surface area (Å²) in [5, 5.41) is 10.6. The van der Waals surface area contributed by atoms with Crippen LogP contribution in [-0.4, -0.2) is 5.11 Å². The average molecular weight is 237 g/mol. The van der Waals surface area contributed by atoms with Crippen LogP contribution in [0.25, 0.3) is 0 Å². The molecule has 0 aliphatic rings. The predicted octanol–water partition coefficient (Wildman–Crippen LogP) is 3.56. The van der Waals surface area contributed by atoms with Crippen molar-refractivity contribution in [2.75, 3.05) is 0 Å². The Morgan fingerprint density at radius 1 is 1.00 bits per heavy atom. The van der Waals surface area contributed by atoms with E-state index < -0.39 is 6.10 Å². The van der Waals surface area contributed by atoms with Gasteiger partial charge in [-0.3, -0.25) is 0 Å². The fourth-order valence-corrected chi connectivity index (χ4v) is 1.74. The van der Waals surface area contributed by atoms with E-state index in [9.17, 15) is 9.50 Å². The molecule has 0 saturated heterocycles. The molecule has 1 nitrogen and oxygen atoms in total. The van der Waals surface area contributed by atoms with Crippen molar-refractivity contribution in [2.45, 2.75) is 6.10 Å². The van der Waals surface area contributed by atoms with Gasteiger partial charge in [0.05, 0.1) is 0 Å². The van der Waals surface area contributed by atoms with Crippen LogP contribution in [0.4, 0.5) is 4.39 Å². The molecule has 1 N–H and O–H groups in total. The van der Waals surface area contributed by atoms with Crippen LogP contribution in [0.15, 0.2) is 48.5 Å². The molecule has 1 atom stereocenters. The van der Waals surface area contributed by atoms with Crippen LogP contribution in [0.1, 0.15) is 17.2 Å². The molecule has 0 aliphatic carbocycles. The fourth-order valence-electron chi connectivity index (χ4n) is 1.55. The summed E-state index contributed by atoms with van der Waals surface area (Å²) in [6.45, 7) is 0. The molecule has 0 radical (unpaired) electrons. The minimum atomic E-state index is -0.852. The molecule has 0 bridgehead atoms. The highest BCUT2D eigenvalue weighted by atomic mass is 35.5. The van der Waals surface area contributed by atoms with Gasteiger partial charge < -0.3 is 5.11 Å². The van der Waals surface area contributed by atoms with Crippen molar-refractivity contribution >= 4 is 11.6 Å². The first-order valence-corrected chi connectivity index (χ1v) is 5.23. The minimum absolute atomic E-state index is 0.362. The Balaban J connectivity index is 2.35. The first-order chi connectivity index (χ1) is 7.66. The molecule has 3 heteroatoms. The van der Waals surface area contributed by atoms with Gasteiger partial charge in [0.2, 0.25) is 0 Å². The molecule has 0 amide bonds. The topological polar surface area (TPSA) is 20.2 Å². The maximum atomic E-state index is 13.0. The van der Waals surface area contributed by atoms with Crippen molar-refractivity contribution in [3.8, 4) is 0 Å². The fraction of sp³-hybridized carbons (Fsp3) is 0.0769. The summed E-state index contributed by atoms with van der Waals surface area (Å²) in [5.41, 5.74) is 1.17. The second kappa shape index (κ2) is 4.64. The van der Waals surface area contributed by atoms with Crippen molar-refractivity contribution in [1.82, 2.24) is 0 Å². The summed E-state index contributed by atoms with van der Waals surface area (Å²) >= 11 is 5.82. The third-order valence-electron chi connectivity index (χ3n) is 2.33. The lowest BCUT2D eigenvalue weighted by Gasteiger charge is -2.11. The zero-order valence-electron chi connectivity index (χ0n) is 8.40. The van der Waals surface area contributed by atoms with E-state index in [1.807, 2.05) is 0 Å². The van der Waals surface area contributed by atoms with E-state index >= 15 is 0 Å². The summed E-state index contributed by atoms with van der Waals surface area (Å²) in [5.74, 6) is -0.362. The van der Waals surface area contributed by atoms with E-state index in [1.165, 1.54) is 12.1 Å². The Labute approximate surface area is 98.1 Å². The van der Waals surface area contributed by atoms with Crippen LogP contribution >= 0.6 is 11.6 Å². The highest BCUT2D eigenvalue weighted by Crippen LogP contribution is 2.24. The molecule has 82 valence electrons. The molecule has 0 fully saturated rings. The highest BCUT2D eigenvalue weighted by Gasteiger charge is 2.10. The van der Waals surface area contributed by atoms with E-state index in [1.54, 1.807) is 36.4 Å². The molecular weight excluding hydrogens is 227 g/mol. The Kier molecular flexibility index (Phi) is 3.22. The number of halogens is 2. The molecule has 2 rings (SSSR count). The molecule has 0 saturated carbocycles. The van der Waals surface area contributed by atoms with E-state index in [-0.39, 0.29) is 5.82 Å². The molecule has 0 heterocycles. The van der Waals surface area contributed by atoms with Gasteiger partial charge in [0, 0.05) is 5.02 Å². The normalized spacial score (nSPS) is 12.4. The lowest BCUT2D eigenvalue weighted by Crippen LogP contribution is -1.99. The van der Waals surface area contributed by atoms with Crippen molar-refractivity contribution in [1.29, 1.82) is 0 Å². The molecule has 0 unspecified atom stereocenters. The summed E-state index contributed by atoms with van der Waals surface area (Å²) in [6.07, 6.45) is -0.852. The van der Waals surface area contributed by atoms with Gasteiger partial charge in [-0.1, -0.05) is 35.9 Å². The number of rotatable bonds is 2. The molecule has 0 aliphatic heterocycles. The molecule has 2 aromatic carbocycles. The molecule has 0 spiro atoms. The molecule has 16 heavy (non-hydrogen) atoms. The summed E-state index contributed by atoms with van der Waals surface area (Å²) in [6, 6.07) is 12.8. The third-order valence-corrected chi connectivity index (χ3v) is 2.56. The average Bonchev–Trinajstić information content (AvgIpc) is 2.28. The SMILES string of the molecule is O[C@H](c1cccc(F)c1)c1cccc(Cl)c1. The van der Waals surface area contributed by atoms with E-state index in [0.29, 0.717) is 16.1 Å². The second-order valence-corrected chi connectivity index (χ2v) is 3.95. The van der Waals surface area contributed by atoms with Gasteiger partial charge >= 0.3 is 0 Å². The summed E-state index contributed by atoms with van der Waals surface area (Å²) in [4.78, 5) is 0. The monoisotopic (exact) mass is 236 g/mol. The number of aliphatic hydroxyl groups excluding tert-OH is 1. The van der Waals surface area contributed by atoms with Crippen LogP contribution in [0.5, 0.6) is 0 Å². The van der Waals surface area contributed by atoms with Gasteiger partial charge in [-0.25, -0.2) is 4.39 Å². The summed E-state index contributed by atoms with van der Waals surface area (Å²) < 4.78 is 13.0. The number of aliphatic hydroxyl groups is 1. The van der Waals surface area contributed by atoms with E-state index in [0.717, 1.165) is 0 Å². The van der Waals surface area contributed by atoms with Crippen LogP contribution in [0.2, 0.25) is 5.02 Å².